The van der Waals surface area contributed by atoms with Crippen molar-refractivity contribution in [2.45, 2.75) is 12.7 Å². The normalized spacial score (nSPS) is 11.6. The SMILES string of the molecule is O=C(NCc1cccc2ccccc12)c1cc2ccccc2n(-c2cccc(C(F)(F)F)c2)c1=O. The van der Waals surface area contributed by atoms with E-state index in [1.807, 2.05) is 42.5 Å². The average molecular weight is 472 g/mol. The number of hydrogen-bond acceptors (Lipinski definition) is 2. The van der Waals surface area contributed by atoms with Gasteiger partial charge in [-0.15, -0.1) is 0 Å². The first kappa shape index (κ1) is 22.4. The van der Waals surface area contributed by atoms with Crippen molar-refractivity contribution < 1.29 is 18.0 Å². The highest BCUT2D eigenvalue weighted by Crippen LogP contribution is 2.30. The molecule has 0 aliphatic rings. The Kier molecular flexibility index (Phi) is 5.61. The first-order chi connectivity index (χ1) is 16.8. The standard InChI is InChI=1S/C28H19F3N2O2/c29-28(30,31)21-11-6-12-22(16-21)33-25-14-4-2-8-19(25)15-24(27(33)35)26(34)32-17-20-10-5-9-18-7-1-3-13-23(18)20/h1-16H,17H2,(H,32,34). The van der Waals surface area contributed by atoms with Crippen LogP contribution >= 0.6 is 0 Å². The van der Waals surface area contributed by atoms with Gasteiger partial charge in [0, 0.05) is 12.2 Å². The molecule has 0 aliphatic carbocycles. The molecule has 5 aromatic rings. The Hall–Kier alpha value is -4.39. The topological polar surface area (TPSA) is 51.1 Å². The molecule has 7 heteroatoms. The molecule has 0 saturated heterocycles. The first-order valence-electron chi connectivity index (χ1n) is 10.9. The second-order valence-corrected chi connectivity index (χ2v) is 8.13. The van der Waals surface area contributed by atoms with E-state index in [9.17, 15) is 22.8 Å². The maximum Gasteiger partial charge on any atom is 0.416 e. The van der Waals surface area contributed by atoms with Crippen LogP contribution in [0.5, 0.6) is 0 Å². The van der Waals surface area contributed by atoms with Crippen molar-refractivity contribution in [2.75, 3.05) is 0 Å². The van der Waals surface area contributed by atoms with Gasteiger partial charge >= 0.3 is 6.18 Å². The number of aromatic nitrogens is 1. The minimum Gasteiger partial charge on any atom is -0.348 e. The van der Waals surface area contributed by atoms with Crippen LogP contribution in [0.15, 0.2) is 102 Å². The van der Waals surface area contributed by atoms with Crippen LogP contribution in [0, 0.1) is 0 Å². The third-order valence-corrected chi connectivity index (χ3v) is 5.91. The van der Waals surface area contributed by atoms with Crippen LogP contribution in [-0.2, 0) is 12.7 Å². The molecule has 0 radical (unpaired) electrons. The lowest BCUT2D eigenvalue weighted by Gasteiger charge is -2.15. The summed E-state index contributed by atoms with van der Waals surface area (Å²) in [6.45, 7) is 0.190. The predicted octanol–water partition coefficient (Wildman–Crippen LogP) is 6.09. The van der Waals surface area contributed by atoms with E-state index in [0.717, 1.165) is 33.0 Å². The van der Waals surface area contributed by atoms with E-state index < -0.39 is 23.2 Å². The van der Waals surface area contributed by atoms with Gasteiger partial charge in [0.25, 0.3) is 11.5 Å². The third-order valence-electron chi connectivity index (χ3n) is 5.91. The second-order valence-electron chi connectivity index (χ2n) is 8.13. The number of alkyl halides is 3. The Labute approximate surface area is 198 Å². The van der Waals surface area contributed by atoms with Crippen LogP contribution in [-0.4, -0.2) is 10.5 Å². The zero-order chi connectivity index (χ0) is 24.6. The quantitative estimate of drug-likeness (QED) is 0.344. The third kappa shape index (κ3) is 4.28. The second kappa shape index (κ2) is 8.76. The number of nitrogens with zero attached hydrogens (tertiary/aromatic N) is 1. The molecular weight excluding hydrogens is 453 g/mol. The molecule has 35 heavy (non-hydrogen) atoms. The summed E-state index contributed by atoms with van der Waals surface area (Å²) in [5.41, 5.74) is -0.404. The summed E-state index contributed by atoms with van der Waals surface area (Å²) >= 11 is 0. The van der Waals surface area contributed by atoms with Gasteiger partial charge in [0.15, 0.2) is 0 Å². The number of halogens is 3. The molecule has 0 aliphatic heterocycles. The minimum absolute atomic E-state index is 0.0322. The van der Waals surface area contributed by atoms with Crippen molar-refractivity contribution in [1.82, 2.24) is 9.88 Å². The molecule has 1 amide bonds. The Bertz CT molecular complexity index is 1630. The number of carbonyl (C=O) groups excluding carboxylic acids is 1. The largest absolute Gasteiger partial charge is 0.416 e. The van der Waals surface area contributed by atoms with Crippen LogP contribution in [0.4, 0.5) is 13.2 Å². The summed E-state index contributed by atoms with van der Waals surface area (Å²) in [6.07, 6.45) is -4.57. The summed E-state index contributed by atoms with van der Waals surface area (Å²) < 4.78 is 41.1. The van der Waals surface area contributed by atoms with E-state index in [1.165, 1.54) is 18.2 Å². The predicted molar refractivity (Wildman–Crippen MR) is 130 cm³/mol. The molecule has 0 bridgehead atoms. The maximum atomic E-state index is 13.4. The van der Waals surface area contributed by atoms with Gasteiger partial charge in [0.05, 0.1) is 11.1 Å². The van der Waals surface area contributed by atoms with Crippen molar-refractivity contribution in [3.63, 3.8) is 0 Å². The van der Waals surface area contributed by atoms with E-state index in [1.54, 1.807) is 24.3 Å². The number of para-hydroxylation sites is 1. The molecule has 0 spiro atoms. The van der Waals surface area contributed by atoms with Crippen molar-refractivity contribution in [3.05, 3.63) is 124 Å². The van der Waals surface area contributed by atoms with E-state index in [-0.39, 0.29) is 17.8 Å². The zero-order valence-electron chi connectivity index (χ0n) is 18.3. The number of hydrogen-bond donors (Lipinski definition) is 1. The molecule has 0 atom stereocenters. The van der Waals surface area contributed by atoms with Crippen LogP contribution in [0.3, 0.4) is 0 Å². The van der Waals surface area contributed by atoms with Gasteiger partial charge in [-0.2, -0.15) is 13.2 Å². The number of nitrogens with one attached hydrogen (secondary N) is 1. The summed E-state index contributed by atoms with van der Waals surface area (Å²) in [5.74, 6) is -0.602. The van der Waals surface area contributed by atoms with Gasteiger partial charge in [-0.1, -0.05) is 66.7 Å². The molecule has 4 nitrogen and oxygen atoms in total. The molecule has 1 heterocycles. The molecule has 5 rings (SSSR count). The van der Waals surface area contributed by atoms with Gasteiger partial charge in [-0.05, 0) is 52.1 Å². The van der Waals surface area contributed by atoms with Gasteiger partial charge in [0.2, 0.25) is 0 Å². The van der Waals surface area contributed by atoms with Crippen LogP contribution in [0.1, 0.15) is 21.5 Å². The Balaban J connectivity index is 1.57. The number of pyridine rings is 1. The van der Waals surface area contributed by atoms with Crippen molar-refractivity contribution in [2.24, 2.45) is 0 Å². The van der Waals surface area contributed by atoms with E-state index in [4.69, 9.17) is 0 Å². The number of amides is 1. The number of benzene rings is 4. The molecule has 1 aromatic heterocycles. The van der Waals surface area contributed by atoms with Gasteiger partial charge in [-0.25, -0.2) is 0 Å². The monoisotopic (exact) mass is 472 g/mol. The Morgan fingerprint density at radius 2 is 1.49 bits per heavy atom. The fraction of sp³-hybridized carbons (Fsp3) is 0.0714. The highest BCUT2D eigenvalue weighted by molar-refractivity contribution is 5.98. The molecule has 174 valence electrons. The molecule has 1 N–H and O–H groups in total. The lowest BCUT2D eigenvalue weighted by molar-refractivity contribution is -0.137. The molecule has 4 aromatic carbocycles. The highest BCUT2D eigenvalue weighted by Gasteiger charge is 2.31. The van der Waals surface area contributed by atoms with Crippen molar-refractivity contribution in [3.8, 4) is 5.69 Å². The minimum atomic E-state index is -4.57. The number of carbonyl (C=O) groups is 1. The zero-order valence-corrected chi connectivity index (χ0v) is 18.3. The van der Waals surface area contributed by atoms with E-state index in [2.05, 4.69) is 5.32 Å². The number of fused-ring (bicyclic) bond motifs is 2. The summed E-state index contributed by atoms with van der Waals surface area (Å²) in [7, 11) is 0. The Morgan fingerprint density at radius 1 is 0.800 bits per heavy atom. The summed E-state index contributed by atoms with van der Waals surface area (Å²) in [5, 5.41) is 5.36. The molecular formula is C28H19F3N2O2. The fourth-order valence-electron chi connectivity index (χ4n) is 4.22. The lowest BCUT2D eigenvalue weighted by Crippen LogP contribution is -2.32. The summed E-state index contributed by atoms with van der Waals surface area (Å²) in [4.78, 5) is 26.6. The average Bonchev–Trinajstić information content (AvgIpc) is 2.86. The van der Waals surface area contributed by atoms with Gasteiger partial charge in [0.1, 0.15) is 5.56 Å². The fourth-order valence-corrected chi connectivity index (χ4v) is 4.22. The van der Waals surface area contributed by atoms with E-state index >= 15 is 0 Å². The first-order valence-corrected chi connectivity index (χ1v) is 10.9. The van der Waals surface area contributed by atoms with Crippen LogP contribution in [0.2, 0.25) is 0 Å². The lowest BCUT2D eigenvalue weighted by atomic mass is 10.0. The van der Waals surface area contributed by atoms with Gasteiger partial charge in [-0.3, -0.25) is 14.2 Å². The maximum absolute atomic E-state index is 13.4. The highest BCUT2D eigenvalue weighted by atomic mass is 19.4. The number of rotatable bonds is 4. The summed E-state index contributed by atoms with van der Waals surface area (Å²) in [6, 6.07) is 26.3. The Morgan fingerprint density at radius 3 is 2.29 bits per heavy atom. The van der Waals surface area contributed by atoms with Crippen molar-refractivity contribution >= 4 is 27.6 Å². The molecule has 0 fully saturated rings. The molecule has 0 saturated carbocycles. The van der Waals surface area contributed by atoms with Gasteiger partial charge < -0.3 is 5.32 Å². The van der Waals surface area contributed by atoms with Crippen LogP contribution < -0.4 is 10.9 Å². The van der Waals surface area contributed by atoms with Crippen molar-refractivity contribution in [1.29, 1.82) is 0 Å². The molecule has 0 unspecified atom stereocenters. The van der Waals surface area contributed by atoms with E-state index in [0.29, 0.717) is 10.9 Å². The smallest absolute Gasteiger partial charge is 0.348 e. The van der Waals surface area contributed by atoms with Crippen LogP contribution in [0.25, 0.3) is 27.4 Å².